The molecule has 0 aromatic carbocycles. The Bertz CT molecular complexity index is 556. The van der Waals surface area contributed by atoms with E-state index in [-0.39, 0.29) is 18.0 Å². The zero-order chi connectivity index (χ0) is 15.2. The highest BCUT2D eigenvalue weighted by Gasteiger charge is 2.56. The first-order chi connectivity index (χ1) is 9.94. The van der Waals surface area contributed by atoms with Gasteiger partial charge in [-0.2, -0.15) is 0 Å². The number of carbonyl (C=O) groups is 1. The van der Waals surface area contributed by atoms with Crippen molar-refractivity contribution in [2.45, 2.75) is 63.2 Å². The Labute approximate surface area is 126 Å². The number of primary amides is 1. The molecule has 0 spiro atoms. The van der Waals surface area contributed by atoms with Crippen LogP contribution in [0.5, 0.6) is 0 Å². The van der Waals surface area contributed by atoms with Gasteiger partial charge in [0.15, 0.2) is 5.67 Å². The van der Waals surface area contributed by atoms with Gasteiger partial charge in [0.05, 0.1) is 16.6 Å². The van der Waals surface area contributed by atoms with E-state index in [9.17, 15) is 9.18 Å². The van der Waals surface area contributed by atoms with E-state index in [0.29, 0.717) is 22.7 Å². The Balaban J connectivity index is 2.07. The van der Waals surface area contributed by atoms with Crippen LogP contribution in [0.4, 0.5) is 8.78 Å². The van der Waals surface area contributed by atoms with Gasteiger partial charge in [-0.1, -0.05) is 19.3 Å². The number of thiazole rings is 1. The highest BCUT2D eigenvalue weighted by Crippen LogP contribution is 2.54. The van der Waals surface area contributed by atoms with E-state index < -0.39 is 23.7 Å². The molecule has 3 rings (SSSR count). The second-order valence-corrected chi connectivity index (χ2v) is 7.44. The van der Waals surface area contributed by atoms with Crippen molar-refractivity contribution in [3.05, 3.63) is 15.6 Å². The molecule has 6 heteroatoms. The van der Waals surface area contributed by atoms with Gasteiger partial charge in [-0.25, -0.2) is 13.8 Å². The molecular weight excluding hydrogens is 294 g/mol. The molecule has 3 nitrogen and oxygen atoms in total. The summed E-state index contributed by atoms with van der Waals surface area (Å²) in [6.45, 7) is 1.76. The first-order valence-electron chi connectivity index (χ1n) is 7.54. The van der Waals surface area contributed by atoms with Gasteiger partial charge >= 0.3 is 0 Å². The predicted molar refractivity (Wildman–Crippen MR) is 77.7 cm³/mol. The van der Waals surface area contributed by atoms with E-state index in [4.69, 9.17) is 5.73 Å². The van der Waals surface area contributed by atoms with Crippen molar-refractivity contribution in [2.24, 2.45) is 11.7 Å². The zero-order valence-corrected chi connectivity index (χ0v) is 12.9. The Morgan fingerprint density at radius 3 is 2.67 bits per heavy atom. The van der Waals surface area contributed by atoms with Crippen molar-refractivity contribution in [1.29, 1.82) is 0 Å². The second-order valence-electron chi connectivity index (χ2n) is 6.21. The SMILES string of the molecule is Cc1nc2c(s1)C(C(N)=O)CC(F)C2(F)C1CCCCC1. The summed E-state index contributed by atoms with van der Waals surface area (Å²) in [5.74, 6) is -1.67. The lowest BCUT2D eigenvalue weighted by atomic mass is 9.68. The molecule has 0 saturated heterocycles. The Morgan fingerprint density at radius 2 is 2.05 bits per heavy atom. The number of amides is 1. The third-order valence-electron chi connectivity index (χ3n) is 4.88. The van der Waals surface area contributed by atoms with Crippen LogP contribution >= 0.6 is 11.3 Å². The summed E-state index contributed by atoms with van der Waals surface area (Å²) >= 11 is 1.28. The van der Waals surface area contributed by atoms with E-state index in [2.05, 4.69) is 4.98 Å². The quantitative estimate of drug-likeness (QED) is 0.908. The van der Waals surface area contributed by atoms with E-state index in [1.807, 2.05) is 0 Å². The fourth-order valence-corrected chi connectivity index (χ4v) is 4.91. The number of nitrogens with zero attached hydrogens (tertiary/aromatic N) is 1. The Hall–Kier alpha value is -1.04. The van der Waals surface area contributed by atoms with Crippen molar-refractivity contribution in [1.82, 2.24) is 4.98 Å². The largest absolute Gasteiger partial charge is 0.369 e. The average Bonchev–Trinajstić information content (AvgIpc) is 2.86. The number of nitrogens with two attached hydrogens (primary N) is 1. The summed E-state index contributed by atoms with van der Waals surface area (Å²) in [7, 11) is 0. The lowest BCUT2D eigenvalue weighted by Gasteiger charge is -2.41. The summed E-state index contributed by atoms with van der Waals surface area (Å²) in [6, 6.07) is 0. The number of hydrogen-bond donors (Lipinski definition) is 1. The van der Waals surface area contributed by atoms with Crippen molar-refractivity contribution >= 4 is 17.2 Å². The number of aromatic nitrogens is 1. The van der Waals surface area contributed by atoms with Crippen LogP contribution < -0.4 is 5.73 Å². The molecule has 1 aromatic heterocycles. The van der Waals surface area contributed by atoms with Crippen molar-refractivity contribution < 1.29 is 13.6 Å². The summed E-state index contributed by atoms with van der Waals surface area (Å²) in [5, 5.41) is 0.665. The third kappa shape index (κ3) is 2.28. The molecule has 1 amide bonds. The lowest BCUT2D eigenvalue weighted by molar-refractivity contribution is -0.121. The summed E-state index contributed by atoms with van der Waals surface area (Å²) < 4.78 is 30.4. The second kappa shape index (κ2) is 5.30. The molecule has 2 aliphatic carbocycles. The molecule has 116 valence electrons. The summed E-state index contributed by atoms with van der Waals surface area (Å²) in [6.07, 6.45) is 2.46. The van der Waals surface area contributed by atoms with Gasteiger partial charge in [-0.3, -0.25) is 4.79 Å². The minimum absolute atomic E-state index is 0.152. The Kier molecular flexibility index (Phi) is 3.76. The van der Waals surface area contributed by atoms with E-state index in [0.717, 1.165) is 19.3 Å². The number of rotatable bonds is 2. The fourth-order valence-electron chi connectivity index (χ4n) is 3.80. The highest BCUT2D eigenvalue weighted by atomic mass is 32.1. The van der Waals surface area contributed by atoms with Gasteiger partial charge in [0, 0.05) is 10.8 Å². The number of alkyl halides is 2. The molecule has 1 heterocycles. The van der Waals surface area contributed by atoms with Gasteiger partial charge in [0.1, 0.15) is 6.17 Å². The summed E-state index contributed by atoms with van der Waals surface area (Å²) in [4.78, 5) is 16.4. The van der Waals surface area contributed by atoms with Crippen LogP contribution in [0.15, 0.2) is 0 Å². The molecule has 3 atom stereocenters. The van der Waals surface area contributed by atoms with Crippen LogP contribution in [-0.4, -0.2) is 17.1 Å². The van der Waals surface area contributed by atoms with Crippen molar-refractivity contribution in [3.63, 3.8) is 0 Å². The number of carbonyl (C=O) groups excluding carboxylic acids is 1. The average molecular weight is 314 g/mol. The maximum absolute atomic E-state index is 15.7. The van der Waals surface area contributed by atoms with E-state index in [1.165, 1.54) is 11.3 Å². The van der Waals surface area contributed by atoms with Crippen LogP contribution in [0, 0.1) is 12.8 Å². The maximum Gasteiger partial charge on any atom is 0.225 e. The van der Waals surface area contributed by atoms with Crippen LogP contribution in [0.3, 0.4) is 0 Å². The van der Waals surface area contributed by atoms with E-state index >= 15 is 4.39 Å². The first kappa shape index (κ1) is 14.9. The van der Waals surface area contributed by atoms with Gasteiger partial charge < -0.3 is 5.73 Å². The van der Waals surface area contributed by atoms with Gasteiger partial charge in [-0.15, -0.1) is 11.3 Å². The number of fused-ring (bicyclic) bond motifs is 1. The van der Waals surface area contributed by atoms with Gasteiger partial charge in [-0.05, 0) is 26.2 Å². The minimum Gasteiger partial charge on any atom is -0.369 e. The Morgan fingerprint density at radius 1 is 1.38 bits per heavy atom. The van der Waals surface area contributed by atoms with E-state index in [1.54, 1.807) is 6.92 Å². The molecule has 1 aromatic rings. The molecule has 0 aliphatic heterocycles. The normalized spacial score (nSPS) is 33.7. The van der Waals surface area contributed by atoms with Crippen LogP contribution in [-0.2, 0) is 10.5 Å². The molecule has 2 N–H and O–H groups in total. The molecular formula is C15H20F2N2OS. The number of hydrogen-bond acceptors (Lipinski definition) is 3. The topological polar surface area (TPSA) is 56.0 Å². The van der Waals surface area contributed by atoms with Crippen LogP contribution in [0.25, 0.3) is 0 Å². The molecule has 0 radical (unpaired) electrons. The third-order valence-corrected chi connectivity index (χ3v) is 5.97. The molecule has 0 bridgehead atoms. The van der Waals surface area contributed by atoms with Crippen molar-refractivity contribution in [3.8, 4) is 0 Å². The summed E-state index contributed by atoms with van der Waals surface area (Å²) in [5.41, 5.74) is 3.47. The maximum atomic E-state index is 15.7. The van der Waals surface area contributed by atoms with Gasteiger partial charge in [0.25, 0.3) is 0 Å². The highest BCUT2D eigenvalue weighted by molar-refractivity contribution is 7.11. The zero-order valence-electron chi connectivity index (χ0n) is 12.1. The van der Waals surface area contributed by atoms with Crippen LogP contribution in [0.2, 0.25) is 0 Å². The molecule has 1 saturated carbocycles. The smallest absolute Gasteiger partial charge is 0.225 e. The predicted octanol–water partition coefficient (Wildman–Crippen LogP) is 3.51. The number of halogens is 2. The van der Waals surface area contributed by atoms with Gasteiger partial charge in [0.2, 0.25) is 5.91 Å². The monoisotopic (exact) mass is 314 g/mol. The van der Waals surface area contributed by atoms with Crippen LogP contribution in [0.1, 0.15) is 60.0 Å². The van der Waals surface area contributed by atoms with Crippen molar-refractivity contribution in [2.75, 3.05) is 0 Å². The standard InChI is InChI=1S/C15H20F2N2OS/c1-8-19-13-12(21-8)10(14(18)20)7-11(16)15(13,17)9-5-3-2-4-6-9/h9-11H,2-7H2,1H3,(H2,18,20). The molecule has 1 fully saturated rings. The molecule has 3 unspecified atom stereocenters. The first-order valence-corrected chi connectivity index (χ1v) is 8.36. The fraction of sp³-hybridized carbons (Fsp3) is 0.733. The number of aryl methyl sites for hydroxylation is 1. The molecule has 21 heavy (non-hydrogen) atoms. The molecule has 2 aliphatic rings. The lowest BCUT2D eigenvalue weighted by Crippen LogP contribution is -2.47. The minimum atomic E-state index is -2.05.